The second kappa shape index (κ2) is 8.27. The predicted octanol–water partition coefficient (Wildman–Crippen LogP) is -0.122. The molecule has 0 aliphatic rings. The number of hydrogen-bond acceptors (Lipinski definition) is 8. The van der Waals surface area contributed by atoms with Crippen LogP contribution in [0.25, 0.3) is 10.2 Å². The lowest BCUT2D eigenvalue weighted by Crippen LogP contribution is -2.38. The largest absolute Gasteiger partial charge is 0.354 e. The molecule has 0 aliphatic carbocycles. The SMILES string of the molecule is NCCS(=O)(=O)C(C(=O)NCCS(N)(=O)=O)c1nc2ccc(Br)cc2s1. The van der Waals surface area contributed by atoms with Crippen LogP contribution in [0.2, 0.25) is 0 Å². The molecule has 1 unspecified atom stereocenters. The average Bonchev–Trinajstić information content (AvgIpc) is 2.87. The van der Waals surface area contributed by atoms with Crippen molar-refractivity contribution in [2.45, 2.75) is 5.25 Å². The van der Waals surface area contributed by atoms with Crippen LogP contribution in [0.15, 0.2) is 22.7 Å². The molecule has 1 heterocycles. The first-order valence-corrected chi connectivity index (χ1v) is 12.3. The maximum Gasteiger partial charge on any atom is 0.245 e. The van der Waals surface area contributed by atoms with E-state index < -0.39 is 42.5 Å². The molecule has 1 aromatic heterocycles. The minimum absolute atomic E-state index is 0.0969. The summed E-state index contributed by atoms with van der Waals surface area (Å²) in [4.78, 5) is 16.7. The zero-order chi connectivity index (χ0) is 19.5. The molecule has 0 radical (unpaired) electrons. The van der Waals surface area contributed by atoms with Gasteiger partial charge in [0.05, 0.1) is 21.7 Å². The minimum Gasteiger partial charge on any atom is -0.354 e. The Balaban J connectivity index is 2.38. The molecule has 1 amide bonds. The lowest BCUT2D eigenvalue weighted by Gasteiger charge is -2.15. The minimum atomic E-state index is -3.93. The van der Waals surface area contributed by atoms with Gasteiger partial charge in [-0.3, -0.25) is 4.79 Å². The van der Waals surface area contributed by atoms with E-state index in [9.17, 15) is 21.6 Å². The summed E-state index contributed by atoms with van der Waals surface area (Å²) in [6.07, 6.45) is 0. The van der Waals surface area contributed by atoms with Crippen molar-refractivity contribution < 1.29 is 21.6 Å². The molecule has 0 bridgehead atoms. The van der Waals surface area contributed by atoms with Crippen molar-refractivity contribution >= 4 is 63.3 Å². The third kappa shape index (κ3) is 5.44. The van der Waals surface area contributed by atoms with Crippen molar-refractivity contribution in [2.24, 2.45) is 10.9 Å². The van der Waals surface area contributed by atoms with Gasteiger partial charge >= 0.3 is 0 Å². The number of thiazole rings is 1. The fourth-order valence-electron chi connectivity index (χ4n) is 2.15. The van der Waals surface area contributed by atoms with Crippen LogP contribution in [0.3, 0.4) is 0 Å². The highest BCUT2D eigenvalue weighted by Crippen LogP contribution is 2.32. The molecule has 2 aromatic rings. The predicted molar refractivity (Wildman–Crippen MR) is 104 cm³/mol. The van der Waals surface area contributed by atoms with E-state index in [0.717, 1.165) is 15.8 Å². The summed E-state index contributed by atoms with van der Waals surface area (Å²) in [5, 5.41) is 5.71. The fourth-order valence-corrected chi connectivity index (χ4v) is 5.95. The van der Waals surface area contributed by atoms with Gasteiger partial charge in [0.2, 0.25) is 15.9 Å². The average molecular weight is 485 g/mol. The molecule has 26 heavy (non-hydrogen) atoms. The highest BCUT2D eigenvalue weighted by molar-refractivity contribution is 9.10. The first-order chi connectivity index (χ1) is 12.0. The smallest absolute Gasteiger partial charge is 0.245 e. The monoisotopic (exact) mass is 484 g/mol. The number of sulfonamides is 1. The second-order valence-corrected chi connectivity index (χ2v) is 11.3. The standard InChI is InChI=1S/C13H17BrN4O5S3/c14-8-1-2-9-10(7-8)24-13(18-9)11(25(20,21)5-3-15)12(19)17-4-6-26(16,22)23/h1-2,7,11H,3-6,15H2,(H,17,19)(H2,16,22,23). The van der Waals surface area contributed by atoms with Gasteiger partial charge in [0.25, 0.3) is 0 Å². The van der Waals surface area contributed by atoms with Crippen LogP contribution in [-0.4, -0.2) is 52.3 Å². The summed E-state index contributed by atoms with van der Waals surface area (Å²) in [6.45, 7) is -0.456. The van der Waals surface area contributed by atoms with E-state index in [1.807, 2.05) is 0 Å². The topological polar surface area (TPSA) is 162 Å². The van der Waals surface area contributed by atoms with Crippen LogP contribution < -0.4 is 16.2 Å². The fraction of sp³-hybridized carbons (Fsp3) is 0.385. The summed E-state index contributed by atoms with van der Waals surface area (Å²) in [5.41, 5.74) is 5.91. The number of benzene rings is 1. The molecular weight excluding hydrogens is 468 g/mol. The Hall–Kier alpha value is -1.12. The number of nitrogens with two attached hydrogens (primary N) is 2. The Kier molecular flexibility index (Phi) is 6.74. The number of hydrogen-bond donors (Lipinski definition) is 3. The second-order valence-electron chi connectivity index (χ2n) is 5.36. The van der Waals surface area contributed by atoms with Crippen molar-refractivity contribution in [2.75, 3.05) is 24.6 Å². The Bertz CT molecular complexity index is 1020. The highest BCUT2D eigenvalue weighted by Gasteiger charge is 2.36. The molecule has 144 valence electrons. The molecule has 1 atom stereocenters. The maximum atomic E-state index is 12.6. The summed E-state index contributed by atoms with van der Waals surface area (Å²) < 4.78 is 48.6. The van der Waals surface area contributed by atoms with Crippen molar-refractivity contribution in [3.05, 3.63) is 27.7 Å². The van der Waals surface area contributed by atoms with Crippen molar-refractivity contribution in [3.8, 4) is 0 Å². The lowest BCUT2D eigenvalue weighted by atomic mass is 10.3. The highest BCUT2D eigenvalue weighted by atomic mass is 79.9. The molecule has 0 saturated heterocycles. The van der Waals surface area contributed by atoms with Gasteiger partial charge in [-0.05, 0) is 18.2 Å². The third-order valence-electron chi connectivity index (χ3n) is 3.28. The molecule has 0 aliphatic heterocycles. The van der Waals surface area contributed by atoms with Gasteiger partial charge in [-0.1, -0.05) is 15.9 Å². The van der Waals surface area contributed by atoms with E-state index in [2.05, 4.69) is 26.2 Å². The van der Waals surface area contributed by atoms with Crippen LogP contribution in [0.5, 0.6) is 0 Å². The van der Waals surface area contributed by atoms with Crippen LogP contribution in [0.4, 0.5) is 0 Å². The van der Waals surface area contributed by atoms with E-state index in [4.69, 9.17) is 10.9 Å². The molecule has 2 rings (SSSR count). The first kappa shape index (κ1) is 21.2. The van der Waals surface area contributed by atoms with E-state index in [0.29, 0.717) is 10.2 Å². The third-order valence-corrected chi connectivity index (χ3v) is 7.74. The molecule has 0 spiro atoms. The number of sulfone groups is 1. The molecular formula is C13H17BrN4O5S3. The summed E-state index contributed by atoms with van der Waals surface area (Å²) in [7, 11) is -7.71. The first-order valence-electron chi connectivity index (χ1n) is 7.29. The lowest BCUT2D eigenvalue weighted by molar-refractivity contribution is -0.120. The zero-order valence-corrected chi connectivity index (χ0v) is 17.4. The normalized spacial score (nSPS) is 13.7. The van der Waals surface area contributed by atoms with Crippen molar-refractivity contribution in [1.29, 1.82) is 0 Å². The van der Waals surface area contributed by atoms with Crippen LogP contribution in [0.1, 0.15) is 10.3 Å². The molecule has 13 heteroatoms. The van der Waals surface area contributed by atoms with Gasteiger partial charge in [-0.2, -0.15) is 0 Å². The Labute approximate surface area is 163 Å². The molecule has 1 aromatic carbocycles. The number of carbonyl (C=O) groups is 1. The molecule has 9 nitrogen and oxygen atoms in total. The van der Waals surface area contributed by atoms with E-state index >= 15 is 0 Å². The van der Waals surface area contributed by atoms with E-state index in [1.165, 1.54) is 0 Å². The van der Waals surface area contributed by atoms with Gasteiger partial charge in [0.1, 0.15) is 5.01 Å². The Morgan fingerprint density at radius 3 is 2.58 bits per heavy atom. The van der Waals surface area contributed by atoms with Gasteiger partial charge in [0, 0.05) is 17.6 Å². The van der Waals surface area contributed by atoms with Gasteiger partial charge in [-0.15, -0.1) is 11.3 Å². The maximum absolute atomic E-state index is 12.6. The summed E-state index contributed by atoms with van der Waals surface area (Å²) >= 11 is 4.40. The number of nitrogens with one attached hydrogen (secondary N) is 1. The van der Waals surface area contributed by atoms with Crippen LogP contribution in [0, 0.1) is 0 Å². The van der Waals surface area contributed by atoms with Gasteiger partial charge in [0.15, 0.2) is 15.1 Å². The van der Waals surface area contributed by atoms with Crippen LogP contribution in [-0.2, 0) is 24.7 Å². The number of halogens is 1. The molecule has 5 N–H and O–H groups in total. The number of nitrogens with zero attached hydrogens (tertiary/aromatic N) is 1. The number of aromatic nitrogens is 1. The Morgan fingerprint density at radius 2 is 1.96 bits per heavy atom. The number of carbonyl (C=O) groups excluding carboxylic acids is 1. The molecule has 0 fully saturated rings. The number of primary sulfonamides is 1. The van der Waals surface area contributed by atoms with Gasteiger partial charge in [-0.25, -0.2) is 27.0 Å². The van der Waals surface area contributed by atoms with Crippen molar-refractivity contribution in [3.63, 3.8) is 0 Å². The summed E-state index contributed by atoms with van der Waals surface area (Å²) in [5.74, 6) is -1.77. The van der Waals surface area contributed by atoms with Crippen molar-refractivity contribution in [1.82, 2.24) is 10.3 Å². The number of rotatable bonds is 8. The number of amides is 1. The van der Waals surface area contributed by atoms with Gasteiger partial charge < -0.3 is 11.1 Å². The summed E-state index contributed by atoms with van der Waals surface area (Å²) in [6, 6.07) is 5.22. The zero-order valence-electron chi connectivity index (χ0n) is 13.4. The molecule has 0 saturated carbocycles. The quantitative estimate of drug-likeness (QED) is 0.469. The van der Waals surface area contributed by atoms with E-state index in [-0.39, 0.29) is 18.1 Å². The van der Waals surface area contributed by atoms with Crippen LogP contribution >= 0.6 is 27.3 Å². The number of fused-ring (bicyclic) bond motifs is 1. The van der Waals surface area contributed by atoms with E-state index in [1.54, 1.807) is 18.2 Å². The Morgan fingerprint density at radius 1 is 1.27 bits per heavy atom.